The number of fused-ring (bicyclic) bond motifs is 1. The van der Waals surface area contributed by atoms with Crippen molar-refractivity contribution in [3.05, 3.63) is 64.5 Å². The van der Waals surface area contributed by atoms with Crippen molar-refractivity contribution in [2.75, 3.05) is 18.6 Å². The highest BCUT2D eigenvalue weighted by atomic mass is 19.1. The van der Waals surface area contributed by atoms with Crippen LogP contribution in [-0.4, -0.2) is 31.4 Å². The van der Waals surface area contributed by atoms with E-state index in [-0.39, 0.29) is 11.4 Å². The number of benzene rings is 2. The Balaban J connectivity index is 1.98. The van der Waals surface area contributed by atoms with E-state index in [9.17, 15) is 9.18 Å². The van der Waals surface area contributed by atoms with Gasteiger partial charge in [-0.25, -0.2) is 9.18 Å². The molecule has 0 saturated carbocycles. The molecule has 1 aliphatic rings. The summed E-state index contributed by atoms with van der Waals surface area (Å²) in [6.45, 7) is 11.2. The molecule has 0 bridgehead atoms. The highest BCUT2D eigenvalue weighted by molar-refractivity contribution is 5.91. The van der Waals surface area contributed by atoms with Gasteiger partial charge in [0.05, 0.1) is 23.9 Å². The summed E-state index contributed by atoms with van der Waals surface area (Å²) < 4.78 is 19.7. The van der Waals surface area contributed by atoms with E-state index in [1.54, 1.807) is 30.5 Å². The first-order chi connectivity index (χ1) is 14.2. The van der Waals surface area contributed by atoms with Gasteiger partial charge in [-0.2, -0.15) is 0 Å². The Bertz CT molecular complexity index is 1040. The predicted octanol–water partition coefficient (Wildman–Crippen LogP) is 6.08. The Morgan fingerprint density at radius 2 is 1.97 bits per heavy atom. The van der Waals surface area contributed by atoms with E-state index in [0.717, 1.165) is 35.4 Å². The molecule has 3 rings (SSSR count). The number of esters is 1. The van der Waals surface area contributed by atoms with Gasteiger partial charge in [-0.15, -0.1) is 0 Å². The van der Waals surface area contributed by atoms with Gasteiger partial charge in [0.2, 0.25) is 0 Å². The second kappa shape index (κ2) is 8.42. The number of aryl methyl sites for hydroxylation is 1. The molecule has 1 aliphatic heterocycles. The van der Waals surface area contributed by atoms with Crippen LogP contribution < -0.4 is 4.90 Å². The standard InChI is InChI=1S/C25H29FN2O2/c1-7-10-28-23-13-21(26)19(12-20(23)17(3)14-25(28,4)5)15-27-22-9-8-18(11-16(22)2)24(29)30-6/h8-9,11-15H,7,10H2,1-6H3. The molecule has 0 amide bonds. The van der Waals surface area contributed by atoms with Crippen molar-refractivity contribution in [2.45, 2.75) is 46.6 Å². The molecule has 0 atom stereocenters. The van der Waals surface area contributed by atoms with Crippen LogP contribution in [0.2, 0.25) is 0 Å². The van der Waals surface area contributed by atoms with Crippen LogP contribution in [0.4, 0.5) is 15.8 Å². The molecule has 0 spiro atoms. The molecule has 0 radical (unpaired) electrons. The molecule has 0 aromatic heterocycles. The van der Waals surface area contributed by atoms with Crippen LogP contribution in [0.3, 0.4) is 0 Å². The van der Waals surface area contributed by atoms with Crippen LogP contribution in [0.5, 0.6) is 0 Å². The van der Waals surface area contributed by atoms with Crippen LogP contribution in [0.1, 0.15) is 61.2 Å². The zero-order valence-corrected chi connectivity index (χ0v) is 18.5. The maximum Gasteiger partial charge on any atom is 0.337 e. The maximum absolute atomic E-state index is 15.0. The summed E-state index contributed by atoms with van der Waals surface area (Å²) in [4.78, 5) is 18.4. The van der Waals surface area contributed by atoms with E-state index in [4.69, 9.17) is 4.74 Å². The number of nitrogens with zero attached hydrogens (tertiary/aromatic N) is 2. The van der Waals surface area contributed by atoms with E-state index in [1.807, 2.05) is 13.0 Å². The van der Waals surface area contributed by atoms with Crippen molar-refractivity contribution in [3.8, 4) is 0 Å². The van der Waals surface area contributed by atoms with Gasteiger partial charge in [0.1, 0.15) is 5.82 Å². The Morgan fingerprint density at radius 1 is 1.23 bits per heavy atom. The lowest BCUT2D eigenvalue weighted by molar-refractivity contribution is 0.0600. The lowest BCUT2D eigenvalue weighted by Gasteiger charge is -2.43. The summed E-state index contributed by atoms with van der Waals surface area (Å²) in [5.74, 6) is -0.691. The first kappa shape index (κ1) is 21.8. The highest BCUT2D eigenvalue weighted by Gasteiger charge is 2.31. The van der Waals surface area contributed by atoms with E-state index in [2.05, 4.69) is 43.7 Å². The minimum atomic E-state index is -0.392. The Morgan fingerprint density at radius 3 is 2.60 bits per heavy atom. The van der Waals surface area contributed by atoms with Gasteiger partial charge < -0.3 is 9.64 Å². The van der Waals surface area contributed by atoms with Crippen molar-refractivity contribution in [1.29, 1.82) is 0 Å². The minimum Gasteiger partial charge on any atom is -0.465 e. The van der Waals surface area contributed by atoms with Gasteiger partial charge in [0.25, 0.3) is 0 Å². The molecule has 0 aliphatic carbocycles. The number of carbonyl (C=O) groups excluding carboxylic acids is 1. The molecule has 5 heteroatoms. The topological polar surface area (TPSA) is 41.9 Å². The third-order valence-corrected chi connectivity index (χ3v) is 5.50. The molecule has 0 unspecified atom stereocenters. The normalized spacial score (nSPS) is 15.2. The van der Waals surface area contributed by atoms with Crippen LogP contribution in [-0.2, 0) is 4.74 Å². The van der Waals surface area contributed by atoms with Crippen molar-refractivity contribution in [2.24, 2.45) is 4.99 Å². The highest BCUT2D eigenvalue weighted by Crippen LogP contribution is 2.40. The van der Waals surface area contributed by atoms with Gasteiger partial charge in [0.15, 0.2) is 0 Å². The molecule has 4 nitrogen and oxygen atoms in total. The number of halogens is 1. The molecule has 30 heavy (non-hydrogen) atoms. The van der Waals surface area contributed by atoms with Gasteiger partial charge >= 0.3 is 5.97 Å². The summed E-state index contributed by atoms with van der Waals surface area (Å²) in [5, 5.41) is 0. The second-order valence-corrected chi connectivity index (χ2v) is 8.27. The van der Waals surface area contributed by atoms with Crippen LogP contribution in [0.25, 0.3) is 5.57 Å². The number of methoxy groups -OCH3 is 1. The Kier molecular flexibility index (Phi) is 6.11. The lowest BCUT2D eigenvalue weighted by atomic mass is 9.87. The average molecular weight is 409 g/mol. The number of aliphatic imine (C=N–C) groups is 1. The Hall–Kier alpha value is -2.95. The van der Waals surface area contributed by atoms with Crippen LogP contribution in [0.15, 0.2) is 41.4 Å². The number of rotatable bonds is 5. The fourth-order valence-corrected chi connectivity index (χ4v) is 4.03. The smallest absolute Gasteiger partial charge is 0.337 e. The van der Waals surface area contributed by atoms with Gasteiger partial charge in [-0.3, -0.25) is 4.99 Å². The monoisotopic (exact) mass is 408 g/mol. The number of anilines is 1. The van der Waals surface area contributed by atoms with Crippen molar-refractivity contribution >= 4 is 29.1 Å². The van der Waals surface area contributed by atoms with Crippen LogP contribution in [0, 0.1) is 12.7 Å². The molecule has 0 fully saturated rings. The summed E-state index contributed by atoms with van der Waals surface area (Å²) in [6, 6.07) is 8.62. The third-order valence-electron chi connectivity index (χ3n) is 5.50. The number of hydrogen-bond donors (Lipinski definition) is 0. The first-order valence-electron chi connectivity index (χ1n) is 10.2. The SMILES string of the molecule is CCCN1c2cc(F)c(C=Nc3ccc(C(=O)OC)cc3C)cc2C(C)=CC1(C)C. The summed E-state index contributed by atoms with van der Waals surface area (Å²) >= 11 is 0. The van der Waals surface area contributed by atoms with Crippen molar-refractivity contribution in [1.82, 2.24) is 0 Å². The van der Waals surface area contributed by atoms with Gasteiger partial charge in [-0.05, 0) is 75.6 Å². The zero-order valence-electron chi connectivity index (χ0n) is 18.5. The van der Waals surface area contributed by atoms with Gasteiger partial charge in [0, 0.05) is 29.6 Å². The largest absolute Gasteiger partial charge is 0.465 e. The lowest BCUT2D eigenvalue weighted by Crippen LogP contribution is -2.45. The Labute approximate surface area is 178 Å². The van der Waals surface area contributed by atoms with E-state index in [0.29, 0.717) is 16.8 Å². The van der Waals surface area contributed by atoms with E-state index in [1.165, 1.54) is 7.11 Å². The van der Waals surface area contributed by atoms with E-state index >= 15 is 0 Å². The number of ether oxygens (including phenoxy) is 1. The molecule has 1 heterocycles. The summed E-state index contributed by atoms with van der Waals surface area (Å²) in [5.41, 5.74) is 5.34. The van der Waals surface area contributed by atoms with E-state index < -0.39 is 5.97 Å². The molecular weight excluding hydrogens is 379 g/mol. The number of hydrogen-bond acceptors (Lipinski definition) is 4. The second-order valence-electron chi connectivity index (χ2n) is 8.27. The first-order valence-corrected chi connectivity index (χ1v) is 10.2. The molecule has 2 aromatic rings. The summed E-state index contributed by atoms with van der Waals surface area (Å²) in [7, 11) is 1.35. The molecule has 2 aromatic carbocycles. The van der Waals surface area contributed by atoms with Gasteiger partial charge in [-0.1, -0.05) is 13.0 Å². The third kappa shape index (κ3) is 4.16. The predicted molar refractivity (Wildman–Crippen MR) is 122 cm³/mol. The number of carbonyl (C=O) groups is 1. The quantitative estimate of drug-likeness (QED) is 0.444. The molecule has 158 valence electrons. The molecule has 0 N–H and O–H groups in total. The maximum atomic E-state index is 15.0. The fraction of sp³-hybridized carbons (Fsp3) is 0.360. The average Bonchev–Trinajstić information content (AvgIpc) is 2.69. The minimum absolute atomic E-state index is 0.159. The van der Waals surface area contributed by atoms with Crippen LogP contribution >= 0.6 is 0 Å². The van der Waals surface area contributed by atoms with Crippen molar-refractivity contribution < 1.29 is 13.9 Å². The number of allylic oxidation sites excluding steroid dienone is 1. The zero-order chi connectivity index (χ0) is 22.1. The van der Waals surface area contributed by atoms with Crippen molar-refractivity contribution in [3.63, 3.8) is 0 Å². The summed E-state index contributed by atoms with van der Waals surface area (Å²) in [6.07, 6.45) is 4.77. The molecular formula is C25H29FN2O2. The fourth-order valence-electron chi connectivity index (χ4n) is 4.03. The molecule has 0 saturated heterocycles.